The van der Waals surface area contributed by atoms with Crippen LogP contribution < -0.4 is 5.32 Å². The maximum atomic E-state index is 12.2. The average Bonchev–Trinajstić information content (AvgIpc) is 2.80. The topological polar surface area (TPSA) is 41.6 Å². The van der Waals surface area contributed by atoms with Crippen LogP contribution in [0.3, 0.4) is 0 Å². The Labute approximate surface area is 110 Å². The van der Waals surface area contributed by atoms with Gasteiger partial charge in [0.1, 0.15) is 0 Å². The number of carbonyl (C=O) groups excluding carboxylic acids is 1. The summed E-state index contributed by atoms with van der Waals surface area (Å²) in [5.74, 6) is 0.283. The third-order valence-electron chi connectivity index (χ3n) is 4.69. The highest BCUT2D eigenvalue weighted by atomic mass is 16.5. The lowest BCUT2D eigenvalue weighted by atomic mass is 9.85. The number of amides is 1. The molecule has 2 saturated heterocycles. The number of rotatable bonds is 4. The van der Waals surface area contributed by atoms with Crippen LogP contribution in [0.5, 0.6) is 0 Å². The van der Waals surface area contributed by atoms with E-state index in [-0.39, 0.29) is 17.6 Å². The molecule has 0 bridgehead atoms. The predicted octanol–water partition coefficient (Wildman–Crippen LogP) is 1.89. The predicted molar refractivity (Wildman–Crippen MR) is 71.2 cm³/mol. The Morgan fingerprint density at radius 2 is 2.11 bits per heavy atom. The van der Waals surface area contributed by atoms with Crippen LogP contribution in [0.1, 0.15) is 52.9 Å². The van der Waals surface area contributed by atoms with E-state index in [4.69, 9.17) is 4.74 Å². The molecular formula is C14H26N2O2. The molecule has 0 aromatic carbocycles. The second kappa shape index (κ2) is 5.57. The largest absolute Gasteiger partial charge is 0.375 e. The Balaban J connectivity index is 2.03. The molecule has 2 heterocycles. The van der Waals surface area contributed by atoms with Crippen LogP contribution in [0.15, 0.2) is 0 Å². The van der Waals surface area contributed by atoms with Gasteiger partial charge in [0.25, 0.3) is 0 Å². The van der Waals surface area contributed by atoms with Crippen LogP contribution in [-0.2, 0) is 9.53 Å². The molecule has 2 atom stereocenters. The van der Waals surface area contributed by atoms with Crippen LogP contribution in [0, 0.1) is 0 Å². The van der Waals surface area contributed by atoms with Crippen molar-refractivity contribution in [3.8, 4) is 0 Å². The van der Waals surface area contributed by atoms with E-state index in [0.29, 0.717) is 12.7 Å². The SMILES string of the molecule is CCC1NCN(C2CCOC(CC)(CC)C2)C1=O. The molecule has 18 heavy (non-hydrogen) atoms. The van der Waals surface area contributed by atoms with Crippen molar-refractivity contribution >= 4 is 5.91 Å². The quantitative estimate of drug-likeness (QED) is 0.833. The zero-order valence-electron chi connectivity index (χ0n) is 11.9. The van der Waals surface area contributed by atoms with E-state index in [1.54, 1.807) is 0 Å². The van der Waals surface area contributed by atoms with Crippen molar-refractivity contribution in [1.82, 2.24) is 10.2 Å². The number of hydrogen-bond acceptors (Lipinski definition) is 3. The molecule has 2 unspecified atom stereocenters. The summed E-state index contributed by atoms with van der Waals surface area (Å²) in [5, 5.41) is 3.30. The minimum Gasteiger partial charge on any atom is -0.375 e. The van der Waals surface area contributed by atoms with Crippen molar-refractivity contribution in [1.29, 1.82) is 0 Å². The molecule has 0 aliphatic carbocycles. The van der Waals surface area contributed by atoms with Crippen molar-refractivity contribution in [2.75, 3.05) is 13.3 Å². The first-order valence-corrected chi connectivity index (χ1v) is 7.33. The number of nitrogens with one attached hydrogen (secondary N) is 1. The van der Waals surface area contributed by atoms with Gasteiger partial charge in [-0.25, -0.2) is 0 Å². The van der Waals surface area contributed by atoms with Gasteiger partial charge < -0.3 is 9.64 Å². The first-order chi connectivity index (χ1) is 8.65. The minimum absolute atomic E-state index is 0.00645. The lowest BCUT2D eigenvalue weighted by Crippen LogP contribution is -2.49. The summed E-state index contributed by atoms with van der Waals surface area (Å²) in [6, 6.07) is 0.390. The van der Waals surface area contributed by atoms with Gasteiger partial charge in [0.15, 0.2) is 0 Å². The Morgan fingerprint density at radius 3 is 2.67 bits per heavy atom. The van der Waals surface area contributed by atoms with E-state index in [1.807, 2.05) is 4.90 Å². The lowest BCUT2D eigenvalue weighted by molar-refractivity contribution is -0.140. The van der Waals surface area contributed by atoms with Gasteiger partial charge in [0.05, 0.1) is 18.3 Å². The summed E-state index contributed by atoms with van der Waals surface area (Å²) in [4.78, 5) is 14.3. The summed E-state index contributed by atoms with van der Waals surface area (Å²) < 4.78 is 5.98. The van der Waals surface area contributed by atoms with E-state index in [2.05, 4.69) is 26.1 Å². The summed E-state index contributed by atoms with van der Waals surface area (Å²) in [6.45, 7) is 7.93. The van der Waals surface area contributed by atoms with Crippen LogP contribution in [-0.4, -0.2) is 41.8 Å². The number of ether oxygens (including phenoxy) is 1. The summed E-state index contributed by atoms with van der Waals surface area (Å²) in [7, 11) is 0. The van der Waals surface area contributed by atoms with E-state index < -0.39 is 0 Å². The number of hydrogen-bond donors (Lipinski definition) is 1. The molecular weight excluding hydrogens is 228 g/mol. The van der Waals surface area contributed by atoms with Crippen molar-refractivity contribution in [2.45, 2.75) is 70.6 Å². The molecule has 0 saturated carbocycles. The number of carbonyl (C=O) groups is 1. The van der Waals surface area contributed by atoms with E-state index >= 15 is 0 Å². The molecule has 4 heteroatoms. The molecule has 0 aromatic rings. The molecule has 2 rings (SSSR count). The van der Waals surface area contributed by atoms with Crippen LogP contribution >= 0.6 is 0 Å². The molecule has 0 spiro atoms. The third-order valence-corrected chi connectivity index (χ3v) is 4.69. The fourth-order valence-corrected chi connectivity index (χ4v) is 3.21. The highest BCUT2D eigenvalue weighted by Crippen LogP contribution is 2.34. The summed E-state index contributed by atoms with van der Waals surface area (Å²) in [5.41, 5.74) is -0.00645. The molecule has 2 aliphatic heterocycles. The van der Waals surface area contributed by atoms with Crippen molar-refractivity contribution in [3.05, 3.63) is 0 Å². The fraction of sp³-hybridized carbons (Fsp3) is 0.929. The first-order valence-electron chi connectivity index (χ1n) is 7.33. The first kappa shape index (κ1) is 13.8. The monoisotopic (exact) mass is 254 g/mol. The van der Waals surface area contributed by atoms with Gasteiger partial charge in [-0.1, -0.05) is 20.8 Å². The Kier molecular flexibility index (Phi) is 4.28. The van der Waals surface area contributed by atoms with E-state index in [1.165, 1.54) is 0 Å². The molecule has 2 fully saturated rings. The molecule has 2 aliphatic rings. The third kappa shape index (κ3) is 2.41. The van der Waals surface area contributed by atoms with Gasteiger partial charge in [-0.3, -0.25) is 10.1 Å². The zero-order valence-corrected chi connectivity index (χ0v) is 11.9. The van der Waals surface area contributed by atoms with Gasteiger partial charge in [0, 0.05) is 12.6 Å². The van der Waals surface area contributed by atoms with Crippen LogP contribution in [0.2, 0.25) is 0 Å². The Hall–Kier alpha value is -0.610. The van der Waals surface area contributed by atoms with Crippen molar-refractivity contribution in [2.24, 2.45) is 0 Å². The standard InChI is InChI=1S/C14H26N2O2/c1-4-12-13(17)16(10-15-12)11-7-8-18-14(5-2,6-3)9-11/h11-12,15H,4-10H2,1-3H3. The van der Waals surface area contributed by atoms with E-state index in [0.717, 1.165) is 38.7 Å². The van der Waals surface area contributed by atoms with Gasteiger partial charge in [0.2, 0.25) is 5.91 Å². The summed E-state index contributed by atoms with van der Waals surface area (Å²) >= 11 is 0. The molecule has 1 N–H and O–H groups in total. The average molecular weight is 254 g/mol. The molecule has 1 amide bonds. The molecule has 104 valence electrons. The van der Waals surface area contributed by atoms with Gasteiger partial charge in [-0.15, -0.1) is 0 Å². The Bertz CT molecular complexity index is 302. The maximum absolute atomic E-state index is 12.2. The van der Waals surface area contributed by atoms with Crippen LogP contribution in [0.25, 0.3) is 0 Å². The maximum Gasteiger partial charge on any atom is 0.241 e. The number of nitrogens with zero attached hydrogens (tertiary/aromatic N) is 1. The fourth-order valence-electron chi connectivity index (χ4n) is 3.21. The highest BCUT2D eigenvalue weighted by molar-refractivity contribution is 5.84. The van der Waals surface area contributed by atoms with Crippen LogP contribution in [0.4, 0.5) is 0 Å². The molecule has 0 aromatic heterocycles. The molecule has 4 nitrogen and oxygen atoms in total. The lowest BCUT2D eigenvalue weighted by Gasteiger charge is -2.43. The highest BCUT2D eigenvalue weighted by Gasteiger charge is 2.41. The normalized spacial score (nSPS) is 31.9. The Morgan fingerprint density at radius 1 is 1.39 bits per heavy atom. The molecule has 0 radical (unpaired) electrons. The second-order valence-electron chi connectivity index (χ2n) is 5.52. The van der Waals surface area contributed by atoms with E-state index in [9.17, 15) is 4.79 Å². The second-order valence-corrected chi connectivity index (χ2v) is 5.52. The van der Waals surface area contributed by atoms with Crippen molar-refractivity contribution < 1.29 is 9.53 Å². The zero-order chi connectivity index (χ0) is 13.2. The smallest absolute Gasteiger partial charge is 0.241 e. The van der Waals surface area contributed by atoms with Gasteiger partial charge in [-0.2, -0.15) is 0 Å². The summed E-state index contributed by atoms with van der Waals surface area (Å²) in [6.07, 6.45) is 4.92. The minimum atomic E-state index is -0.00645. The van der Waals surface area contributed by atoms with Crippen molar-refractivity contribution in [3.63, 3.8) is 0 Å². The van der Waals surface area contributed by atoms with Gasteiger partial charge >= 0.3 is 0 Å². The van der Waals surface area contributed by atoms with Gasteiger partial charge in [-0.05, 0) is 32.1 Å².